The Bertz CT molecular complexity index is 2210. The number of nitrogens with zero attached hydrogens (tertiary/aromatic N) is 7. The van der Waals surface area contributed by atoms with E-state index >= 15 is 0 Å². The number of ether oxygens (including phenoxy) is 4. The van der Waals surface area contributed by atoms with Crippen molar-refractivity contribution in [3.05, 3.63) is 93.4 Å². The predicted octanol–water partition coefficient (Wildman–Crippen LogP) is 7.13. The summed E-state index contributed by atoms with van der Waals surface area (Å²) >= 11 is 6.81. The van der Waals surface area contributed by atoms with E-state index in [1.54, 1.807) is 71.8 Å². The van der Waals surface area contributed by atoms with Crippen LogP contribution in [0.15, 0.2) is 82.0 Å². The predicted molar refractivity (Wildman–Crippen MR) is 204 cm³/mol. The van der Waals surface area contributed by atoms with Crippen LogP contribution in [-0.2, 0) is 16.5 Å². The highest BCUT2D eigenvalue weighted by Crippen LogP contribution is 2.31. The van der Waals surface area contributed by atoms with Gasteiger partial charge in [-0.15, -0.1) is 0 Å². The zero-order valence-electron chi connectivity index (χ0n) is 29.2. The van der Waals surface area contributed by atoms with Crippen molar-refractivity contribution in [2.75, 3.05) is 38.1 Å². The van der Waals surface area contributed by atoms with Gasteiger partial charge >= 0.3 is 11.9 Å². The molecule has 0 saturated carbocycles. The zero-order valence-corrected chi connectivity index (χ0v) is 32.4. The van der Waals surface area contributed by atoms with Crippen LogP contribution in [0.25, 0.3) is 22.8 Å². The molecule has 6 aromatic rings. The molecule has 274 valence electrons. The fourth-order valence-electron chi connectivity index (χ4n) is 4.66. The summed E-state index contributed by atoms with van der Waals surface area (Å²) in [6.07, 6.45) is 3.23. The number of rotatable bonds is 12. The molecule has 16 nitrogen and oxygen atoms in total. The minimum absolute atomic E-state index is 0.268. The third-order valence-electron chi connectivity index (χ3n) is 7.09. The number of methoxy groups -OCH3 is 2. The van der Waals surface area contributed by atoms with E-state index in [0.29, 0.717) is 65.1 Å². The van der Waals surface area contributed by atoms with Crippen LogP contribution < -0.4 is 20.1 Å². The van der Waals surface area contributed by atoms with Gasteiger partial charge in [-0.2, -0.15) is 10.2 Å². The van der Waals surface area contributed by atoms with Gasteiger partial charge in [-0.1, -0.05) is 31.9 Å². The summed E-state index contributed by atoms with van der Waals surface area (Å²) in [7, 11) is 4.86. The van der Waals surface area contributed by atoms with Crippen molar-refractivity contribution >= 4 is 67.1 Å². The first kappa shape index (κ1) is 38.4. The number of hydrogen-bond donors (Lipinski definition) is 3. The summed E-state index contributed by atoms with van der Waals surface area (Å²) in [5.74, 6) is 1.18. The van der Waals surface area contributed by atoms with E-state index in [4.69, 9.17) is 18.9 Å². The number of carbonyl (C=O) groups is 2. The van der Waals surface area contributed by atoms with E-state index in [1.165, 1.54) is 4.68 Å². The molecular weight excluding hydrogens is 816 g/mol. The van der Waals surface area contributed by atoms with Crippen LogP contribution in [0.5, 0.6) is 11.5 Å². The monoisotopic (exact) mass is 848 g/mol. The molecule has 0 aliphatic heterocycles. The number of carbonyl (C=O) groups excluding carboxylic acids is 2. The van der Waals surface area contributed by atoms with Crippen molar-refractivity contribution in [2.24, 2.45) is 7.05 Å². The first-order chi connectivity index (χ1) is 25.6. The third-order valence-corrected chi connectivity index (χ3v) is 8.08. The molecule has 0 unspecified atom stereocenters. The van der Waals surface area contributed by atoms with Gasteiger partial charge in [-0.25, -0.2) is 29.5 Å². The van der Waals surface area contributed by atoms with Crippen molar-refractivity contribution in [1.29, 1.82) is 0 Å². The number of esters is 2. The van der Waals surface area contributed by atoms with E-state index in [-0.39, 0.29) is 5.69 Å². The molecule has 53 heavy (non-hydrogen) atoms. The average molecular weight is 851 g/mol. The molecule has 0 bridgehead atoms. The number of hydrogen-bond acceptors (Lipinski definition) is 14. The van der Waals surface area contributed by atoms with Gasteiger partial charge < -0.3 is 29.6 Å². The highest BCUT2D eigenvalue weighted by molar-refractivity contribution is 9.10. The van der Waals surface area contributed by atoms with Crippen LogP contribution in [0, 0.1) is 0 Å². The summed E-state index contributed by atoms with van der Waals surface area (Å²) in [5.41, 5.74) is 4.28. The summed E-state index contributed by atoms with van der Waals surface area (Å²) < 4.78 is 24.0. The average Bonchev–Trinajstić information content (AvgIpc) is 3.82. The molecule has 4 heterocycles. The maximum atomic E-state index is 12.0. The maximum absolute atomic E-state index is 12.0. The van der Waals surface area contributed by atoms with Crippen LogP contribution in [-0.4, -0.2) is 79.3 Å². The zero-order chi connectivity index (χ0) is 37.9. The summed E-state index contributed by atoms with van der Waals surface area (Å²) in [4.78, 5) is 41.1. The molecular formula is C35H34Br2N10O6. The molecule has 0 saturated heterocycles. The van der Waals surface area contributed by atoms with Gasteiger partial charge in [-0.05, 0) is 62.4 Å². The van der Waals surface area contributed by atoms with Gasteiger partial charge in [0.05, 0.1) is 50.2 Å². The highest BCUT2D eigenvalue weighted by Gasteiger charge is 2.17. The van der Waals surface area contributed by atoms with Crippen molar-refractivity contribution in [3.8, 4) is 34.3 Å². The van der Waals surface area contributed by atoms with Crippen LogP contribution in [0.4, 0.5) is 23.3 Å². The first-order valence-electron chi connectivity index (χ1n) is 15.9. The SMILES string of the molecule is CCOC(=O)c1cc(-c2ccnc(Nc3ccc(Br)cc3OC)n2)n[nH]1.CCOC(=O)c1cc(-c2ccnc(Nc3ccc(Br)cc3OC)n2)nn1C. The highest BCUT2D eigenvalue weighted by atomic mass is 79.9. The molecule has 0 spiro atoms. The number of anilines is 4. The second-order valence-electron chi connectivity index (χ2n) is 10.6. The molecule has 0 fully saturated rings. The molecule has 2 aromatic carbocycles. The third kappa shape index (κ3) is 9.92. The molecule has 0 atom stereocenters. The van der Waals surface area contributed by atoms with Gasteiger partial charge in [-0.3, -0.25) is 9.78 Å². The lowest BCUT2D eigenvalue weighted by atomic mass is 10.2. The van der Waals surface area contributed by atoms with Crippen molar-refractivity contribution in [1.82, 2.24) is 39.9 Å². The summed E-state index contributed by atoms with van der Waals surface area (Å²) in [6.45, 7) is 4.10. The Labute approximate surface area is 321 Å². The van der Waals surface area contributed by atoms with Crippen LogP contribution in [0.2, 0.25) is 0 Å². The number of nitrogens with one attached hydrogen (secondary N) is 3. The number of benzene rings is 2. The quantitative estimate of drug-likeness (QED) is 0.105. The van der Waals surface area contributed by atoms with Crippen LogP contribution in [0.1, 0.15) is 34.8 Å². The lowest BCUT2D eigenvalue weighted by Gasteiger charge is -2.10. The molecule has 0 aliphatic carbocycles. The number of aromatic nitrogens is 8. The molecule has 0 aliphatic rings. The normalized spacial score (nSPS) is 10.5. The van der Waals surface area contributed by atoms with Crippen LogP contribution in [0.3, 0.4) is 0 Å². The van der Waals surface area contributed by atoms with Crippen molar-refractivity contribution in [3.63, 3.8) is 0 Å². The Hall–Kier alpha value is -5.88. The van der Waals surface area contributed by atoms with Crippen LogP contribution >= 0.6 is 31.9 Å². The van der Waals surface area contributed by atoms with E-state index < -0.39 is 11.9 Å². The van der Waals surface area contributed by atoms with Gasteiger partial charge in [0.15, 0.2) is 0 Å². The second-order valence-corrected chi connectivity index (χ2v) is 12.4. The van der Waals surface area contributed by atoms with E-state index in [9.17, 15) is 9.59 Å². The number of halogens is 2. The van der Waals surface area contributed by atoms with E-state index in [1.807, 2.05) is 36.4 Å². The second kappa shape index (κ2) is 18.1. The standard InChI is InChI=1S/C18H18BrN5O3.C17H16BrN5O3/c1-4-27-17(25)15-10-14(23-24(15)2)12-7-8-20-18(21-12)22-13-6-5-11(19)9-16(13)26-3;1-3-26-16(24)14-9-13(22-23-14)11-6-7-19-17(20-11)21-12-5-4-10(18)8-15(12)25-2/h5-10H,4H2,1-3H3,(H,20,21,22);4-9H,3H2,1-2H3,(H,22,23)(H,19,20,21). The fourth-order valence-corrected chi connectivity index (χ4v) is 5.34. The Balaban J connectivity index is 0.000000204. The Kier molecular flexibility index (Phi) is 13.1. The summed E-state index contributed by atoms with van der Waals surface area (Å²) in [6, 6.07) is 17.8. The molecule has 3 N–H and O–H groups in total. The topological polar surface area (TPSA) is 193 Å². The van der Waals surface area contributed by atoms with Gasteiger partial charge in [0.25, 0.3) is 0 Å². The molecule has 0 amide bonds. The molecule has 18 heteroatoms. The molecule has 0 radical (unpaired) electrons. The van der Waals surface area contributed by atoms with Crippen molar-refractivity contribution < 1.29 is 28.5 Å². The Morgan fingerprint density at radius 1 is 0.717 bits per heavy atom. The summed E-state index contributed by atoms with van der Waals surface area (Å²) in [5, 5.41) is 17.3. The molecule has 6 rings (SSSR count). The smallest absolute Gasteiger partial charge is 0.356 e. The van der Waals surface area contributed by atoms with E-state index in [2.05, 4.69) is 77.7 Å². The van der Waals surface area contributed by atoms with Gasteiger partial charge in [0.1, 0.15) is 34.3 Å². The van der Waals surface area contributed by atoms with Gasteiger partial charge in [0.2, 0.25) is 11.9 Å². The first-order valence-corrected chi connectivity index (χ1v) is 17.5. The number of H-pyrrole nitrogens is 1. The minimum Gasteiger partial charge on any atom is -0.495 e. The van der Waals surface area contributed by atoms with E-state index in [0.717, 1.165) is 20.3 Å². The van der Waals surface area contributed by atoms with Gasteiger partial charge in [0, 0.05) is 40.5 Å². The maximum Gasteiger partial charge on any atom is 0.356 e. The number of aryl methyl sites for hydroxylation is 1. The Morgan fingerprint density at radius 3 is 1.77 bits per heavy atom. The lowest BCUT2D eigenvalue weighted by molar-refractivity contribution is 0.0506. The fraction of sp³-hybridized carbons (Fsp3) is 0.200. The minimum atomic E-state index is -0.460. The Morgan fingerprint density at radius 2 is 1.25 bits per heavy atom. The van der Waals surface area contributed by atoms with Crippen molar-refractivity contribution in [2.45, 2.75) is 13.8 Å². The number of aromatic amines is 1. The largest absolute Gasteiger partial charge is 0.495 e. The molecule has 4 aromatic heterocycles. The lowest BCUT2D eigenvalue weighted by Crippen LogP contribution is -2.10.